The van der Waals surface area contributed by atoms with E-state index in [2.05, 4.69) is 10.0 Å². The number of carbonyl (C=O) groups excluding carboxylic acids is 1. The largest absolute Gasteiger partial charge is 0.325 e. The van der Waals surface area contributed by atoms with Gasteiger partial charge in [0.05, 0.1) is 10.8 Å². The molecule has 6 heteroatoms. The molecule has 0 aliphatic carbocycles. The fourth-order valence-electron chi connectivity index (χ4n) is 2.53. The molecule has 23 heavy (non-hydrogen) atoms. The molecule has 5 nitrogen and oxygen atoms in total. The maximum Gasteiger partial charge on any atom is 0.240 e. The Morgan fingerprint density at radius 1 is 1.13 bits per heavy atom. The van der Waals surface area contributed by atoms with Crippen molar-refractivity contribution in [2.45, 2.75) is 31.2 Å². The number of amides is 1. The molecule has 1 atom stereocenters. The van der Waals surface area contributed by atoms with Crippen LogP contribution in [-0.2, 0) is 21.4 Å². The molecular formula is C17H18N2O3S. The minimum absolute atomic E-state index is 0.109. The summed E-state index contributed by atoms with van der Waals surface area (Å²) in [6.07, 6.45) is 0. The van der Waals surface area contributed by atoms with Gasteiger partial charge < -0.3 is 5.32 Å². The zero-order valence-corrected chi connectivity index (χ0v) is 13.8. The average molecular weight is 330 g/mol. The SMILES string of the molecule is Cc1ccc(CNS(=O)(=O)c2ccc3c(c2)[C@@H](C)C(=O)N3)cc1. The highest BCUT2D eigenvalue weighted by molar-refractivity contribution is 7.89. The van der Waals surface area contributed by atoms with Crippen LogP contribution < -0.4 is 10.0 Å². The van der Waals surface area contributed by atoms with Crippen molar-refractivity contribution in [1.82, 2.24) is 4.72 Å². The van der Waals surface area contributed by atoms with Gasteiger partial charge in [-0.15, -0.1) is 0 Å². The minimum atomic E-state index is -3.62. The number of sulfonamides is 1. The van der Waals surface area contributed by atoms with Crippen molar-refractivity contribution in [3.05, 3.63) is 59.2 Å². The summed E-state index contributed by atoms with van der Waals surface area (Å²) in [5, 5.41) is 2.73. The summed E-state index contributed by atoms with van der Waals surface area (Å²) in [6, 6.07) is 12.4. The third kappa shape index (κ3) is 3.13. The van der Waals surface area contributed by atoms with E-state index in [1.54, 1.807) is 19.1 Å². The molecule has 0 fully saturated rings. The predicted molar refractivity (Wildman–Crippen MR) is 88.7 cm³/mol. The molecule has 2 aromatic carbocycles. The first-order valence-electron chi connectivity index (χ1n) is 7.37. The molecule has 1 amide bonds. The summed E-state index contributed by atoms with van der Waals surface area (Å²) in [5.41, 5.74) is 3.42. The fourth-order valence-corrected chi connectivity index (χ4v) is 3.58. The van der Waals surface area contributed by atoms with Crippen LogP contribution in [0, 0.1) is 6.92 Å². The molecule has 0 saturated carbocycles. The second-order valence-electron chi connectivity index (χ2n) is 5.77. The lowest BCUT2D eigenvalue weighted by Gasteiger charge is -2.09. The Morgan fingerprint density at radius 3 is 2.52 bits per heavy atom. The Kier molecular flexibility index (Phi) is 3.95. The van der Waals surface area contributed by atoms with Gasteiger partial charge in [0.25, 0.3) is 0 Å². The second-order valence-corrected chi connectivity index (χ2v) is 7.54. The topological polar surface area (TPSA) is 75.3 Å². The van der Waals surface area contributed by atoms with E-state index in [0.717, 1.165) is 11.1 Å². The van der Waals surface area contributed by atoms with Crippen molar-refractivity contribution in [1.29, 1.82) is 0 Å². The van der Waals surface area contributed by atoms with E-state index >= 15 is 0 Å². The van der Waals surface area contributed by atoms with Crippen molar-refractivity contribution in [2.24, 2.45) is 0 Å². The Balaban J connectivity index is 1.80. The van der Waals surface area contributed by atoms with E-state index in [4.69, 9.17) is 0 Å². The third-order valence-electron chi connectivity index (χ3n) is 4.04. The maximum absolute atomic E-state index is 12.4. The van der Waals surface area contributed by atoms with Gasteiger partial charge in [-0.05, 0) is 43.2 Å². The monoisotopic (exact) mass is 330 g/mol. The van der Waals surface area contributed by atoms with Gasteiger partial charge >= 0.3 is 0 Å². The van der Waals surface area contributed by atoms with Gasteiger partial charge in [-0.3, -0.25) is 4.79 Å². The Morgan fingerprint density at radius 2 is 1.83 bits per heavy atom. The Labute approximate surface area is 135 Å². The van der Waals surface area contributed by atoms with Crippen LogP contribution in [0.15, 0.2) is 47.4 Å². The van der Waals surface area contributed by atoms with Crippen LogP contribution in [0.4, 0.5) is 5.69 Å². The molecule has 1 aliphatic rings. The average Bonchev–Trinajstić information content (AvgIpc) is 2.81. The molecule has 2 N–H and O–H groups in total. The molecule has 1 heterocycles. The summed E-state index contributed by atoms with van der Waals surface area (Å²) < 4.78 is 27.5. The van der Waals surface area contributed by atoms with Crippen LogP contribution in [0.3, 0.4) is 0 Å². The van der Waals surface area contributed by atoms with Crippen LogP contribution in [0.5, 0.6) is 0 Å². The zero-order valence-electron chi connectivity index (χ0n) is 13.0. The van der Waals surface area contributed by atoms with Crippen molar-refractivity contribution < 1.29 is 13.2 Å². The van der Waals surface area contributed by atoms with Crippen LogP contribution in [0.25, 0.3) is 0 Å². The van der Waals surface area contributed by atoms with Gasteiger partial charge in [-0.1, -0.05) is 29.8 Å². The summed E-state index contributed by atoms with van der Waals surface area (Å²) in [5.74, 6) is -0.445. The molecule has 2 aromatic rings. The third-order valence-corrected chi connectivity index (χ3v) is 5.44. The number of fused-ring (bicyclic) bond motifs is 1. The molecule has 0 spiro atoms. The molecule has 0 saturated heterocycles. The van der Waals surface area contributed by atoms with Gasteiger partial charge in [0.1, 0.15) is 0 Å². The van der Waals surface area contributed by atoms with Gasteiger partial charge in [0.2, 0.25) is 15.9 Å². The highest BCUT2D eigenvalue weighted by Crippen LogP contribution is 2.33. The van der Waals surface area contributed by atoms with E-state index in [0.29, 0.717) is 11.3 Å². The first kappa shape index (κ1) is 15.7. The van der Waals surface area contributed by atoms with E-state index < -0.39 is 10.0 Å². The van der Waals surface area contributed by atoms with Crippen LogP contribution in [0.1, 0.15) is 29.5 Å². The van der Waals surface area contributed by atoms with Crippen LogP contribution >= 0.6 is 0 Å². The second kappa shape index (κ2) is 5.79. The number of hydrogen-bond donors (Lipinski definition) is 2. The molecule has 3 rings (SSSR count). The lowest BCUT2D eigenvalue weighted by Crippen LogP contribution is -2.23. The lowest BCUT2D eigenvalue weighted by molar-refractivity contribution is -0.116. The van der Waals surface area contributed by atoms with E-state index in [-0.39, 0.29) is 23.3 Å². The highest BCUT2D eigenvalue weighted by Gasteiger charge is 2.28. The molecule has 0 aromatic heterocycles. The van der Waals surface area contributed by atoms with Crippen LogP contribution in [0.2, 0.25) is 0 Å². The molecule has 1 aliphatic heterocycles. The highest BCUT2D eigenvalue weighted by atomic mass is 32.2. The number of nitrogens with one attached hydrogen (secondary N) is 2. The first-order valence-corrected chi connectivity index (χ1v) is 8.85. The standard InChI is InChI=1S/C17H18N2O3S/c1-11-3-5-13(6-4-11)10-18-23(21,22)14-7-8-16-15(9-14)12(2)17(20)19-16/h3-9,12,18H,10H2,1-2H3,(H,19,20)/t12-/m1/s1. The summed E-state index contributed by atoms with van der Waals surface area (Å²) >= 11 is 0. The lowest BCUT2D eigenvalue weighted by atomic mass is 10.0. The number of anilines is 1. The van der Waals surface area contributed by atoms with Crippen LogP contribution in [-0.4, -0.2) is 14.3 Å². The summed E-state index contributed by atoms with van der Waals surface area (Å²) in [6.45, 7) is 3.97. The number of aryl methyl sites for hydroxylation is 1. The van der Waals surface area contributed by atoms with Gasteiger partial charge in [0, 0.05) is 12.2 Å². The molecule has 0 unspecified atom stereocenters. The fraction of sp³-hybridized carbons (Fsp3) is 0.235. The molecule has 0 bridgehead atoms. The summed E-state index contributed by atoms with van der Waals surface area (Å²) in [7, 11) is -3.62. The van der Waals surface area contributed by atoms with Gasteiger partial charge in [-0.2, -0.15) is 0 Å². The number of benzene rings is 2. The van der Waals surface area contributed by atoms with E-state index in [1.807, 2.05) is 31.2 Å². The molecular weight excluding hydrogens is 312 g/mol. The number of hydrogen-bond acceptors (Lipinski definition) is 3. The summed E-state index contributed by atoms with van der Waals surface area (Å²) in [4.78, 5) is 11.8. The van der Waals surface area contributed by atoms with E-state index in [1.165, 1.54) is 6.07 Å². The Bertz CT molecular complexity index is 858. The minimum Gasteiger partial charge on any atom is -0.325 e. The van der Waals surface area contributed by atoms with Crippen molar-refractivity contribution >= 4 is 21.6 Å². The zero-order chi connectivity index (χ0) is 16.6. The van der Waals surface area contributed by atoms with E-state index in [9.17, 15) is 13.2 Å². The van der Waals surface area contributed by atoms with Crippen molar-refractivity contribution in [2.75, 3.05) is 5.32 Å². The van der Waals surface area contributed by atoms with Gasteiger partial charge in [0.15, 0.2) is 0 Å². The molecule has 120 valence electrons. The van der Waals surface area contributed by atoms with Gasteiger partial charge in [-0.25, -0.2) is 13.1 Å². The van der Waals surface area contributed by atoms with Crippen molar-refractivity contribution in [3.63, 3.8) is 0 Å². The number of rotatable bonds is 4. The first-order chi connectivity index (χ1) is 10.9. The normalized spacial score (nSPS) is 17.0. The maximum atomic E-state index is 12.4. The Hall–Kier alpha value is -2.18. The predicted octanol–water partition coefficient (Wildman–Crippen LogP) is 2.53. The smallest absolute Gasteiger partial charge is 0.240 e. The molecule has 0 radical (unpaired) electrons. The number of carbonyl (C=O) groups is 1. The van der Waals surface area contributed by atoms with Crippen molar-refractivity contribution in [3.8, 4) is 0 Å². The quantitative estimate of drug-likeness (QED) is 0.904.